The Morgan fingerprint density at radius 3 is 2.73 bits per heavy atom. The Morgan fingerprint density at radius 1 is 1.15 bits per heavy atom. The topological polar surface area (TPSA) is 72.3 Å². The van der Waals surface area contributed by atoms with Gasteiger partial charge in [-0.05, 0) is 24.6 Å². The molecule has 0 saturated heterocycles. The van der Waals surface area contributed by atoms with E-state index in [1.807, 2.05) is 49.4 Å². The van der Waals surface area contributed by atoms with Gasteiger partial charge in [0.1, 0.15) is 12.4 Å². The van der Waals surface area contributed by atoms with E-state index in [1.165, 1.54) is 10.6 Å². The van der Waals surface area contributed by atoms with E-state index in [0.29, 0.717) is 28.1 Å². The lowest BCUT2D eigenvalue weighted by atomic mass is 10.2. The maximum atomic E-state index is 12.3. The van der Waals surface area contributed by atoms with Crippen molar-refractivity contribution < 1.29 is 4.74 Å². The van der Waals surface area contributed by atoms with Crippen LogP contribution in [0.15, 0.2) is 59.4 Å². The van der Waals surface area contributed by atoms with Crippen LogP contribution in [0.3, 0.4) is 0 Å². The Bertz CT molecular complexity index is 1140. The van der Waals surface area contributed by atoms with Gasteiger partial charge in [0.15, 0.2) is 5.82 Å². The van der Waals surface area contributed by atoms with Gasteiger partial charge >= 0.3 is 0 Å². The third kappa shape index (κ3) is 3.19. The lowest BCUT2D eigenvalue weighted by molar-refractivity contribution is 0.301. The molecule has 0 spiro atoms. The van der Waals surface area contributed by atoms with Crippen molar-refractivity contribution in [1.82, 2.24) is 19.6 Å². The van der Waals surface area contributed by atoms with E-state index in [0.717, 1.165) is 11.1 Å². The summed E-state index contributed by atoms with van der Waals surface area (Å²) in [6.07, 6.45) is 0. The largest absolute Gasteiger partial charge is 0.487 e. The summed E-state index contributed by atoms with van der Waals surface area (Å²) in [5.41, 5.74) is 2.15. The van der Waals surface area contributed by atoms with E-state index in [4.69, 9.17) is 16.3 Å². The normalized spacial score (nSPS) is 11.0. The summed E-state index contributed by atoms with van der Waals surface area (Å²) >= 11 is 6.10. The number of nitrogens with one attached hydrogen (secondary N) is 1. The van der Waals surface area contributed by atoms with Crippen LogP contribution in [0, 0.1) is 6.92 Å². The number of aryl methyl sites for hydroxylation is 1. The van der Waals surface area contributed by atoms with Crippen LogP contribution in [0.5, 0.6) is 5.75 Å². The molecule has 4 aromatic rings. The third-order valence-corrected chi connectivity index (χ3v) is 4.36. The van der Waals surface area contributed by atoms with Gasteiger partial charge in [0.2, 0.25) is 5.78 Å². The first-order valence-corrected chi connectivity index (χ1v) is 8.41. The van der Waals surface area contributed by atoms with E-state index in [-0.39, 0.29) is 12.2 Å². The average molecular weight is 367 g/mol. The minimum atomic E-state index is -0.269. The van der Waals surface area contributed by atoms with E-state index in [9.17, 15) is 4.79 Å². The molecule has 6 nitrogen and oxygen atoms in total. The quantitative estimate of drug-likeness (QED) is 0.598. The highest BCUT2D eigenvalue weighted by Gasteiger charge is 2.10. The molecule has 2 aromatic heterocycles. The first-order valence-electron chi connectivity index (χ1n) is 8.03. The second-order valence-electron chi connectivity index (χ2n) is 5.87. The molecule has 0 amide bonds. The van der Waals surface area contributed by atoms with Crippen LogP contribution in [0.1, 0.15) is 11.3 Å². The number of aromatic amines is 1. The SMILES string of the molecule is Cc1ccc(OCc2cc(=O)n3nc(-c4ccccc4)nc3[nH]2)cc1Cl. The molecule has 0 aliphatic rings. The number of aromatic nitrogens is 4. The van der Waals surface area contributed by atoms with Gasteiger partial charge in [0, 0.05) is 16.7 Å². The molecule has 26 heavy (non-hydrogen) atoms. The Balaban J connectivity index is 1.62. The molecule has 2 heterocycles. The van der Waals surface area contributed by atoms with Gasteiger partial charge in [0.25, 0.3) is 5.56 Å². The first-order chi connectivity index (χ1) is 12.6. The number of rotatable bonds is 4. The maximum Gasteiger partial charge on any atom is 0.276 e. The number of ether oxygens (including phenoxy) is 1. The summed E-state index contributed by atoms with van der Waals surface area (Å²) in [4.78, 5) is 19.8. The van der Waals surface area contributed by atoms with Gasteiger partial charge in [-0.2, -0.15) is 9.50 Å². The van der Waals surface area contributed by atoms with Crippen LogP contribution in [-0.4, -0.2) is 19.6 Å². The fourth-order valence-electron chi connectivity index (χ4n) is 2.55. The smallest absolute Gasteiger partial charge is 0.276 e. The molecule has 4 rings (SSSR count). The van der Waals surface area contributed by atoms with Crippen LogP contribution in [0.2, 0.25) is 5.02 Å². The second-order valence-corrected chi connectivity index (χ2v) is 6.28. The molecular weight excluding hydrogens is 352 g/mol. The van der Waals surface area contributed by atoms with Crippen molar-refractivity contribution in [3.63, 3.8) is 0 Å². The molecule has 0 unspecified atom stereocenters. The number of nitrogens with zero attached hydrogens (tertiary/aromatic N) is 3. The molecule has 0 atom stereocenters. The summed E-state index contributed by atoms with van der Waals surface area (Å²) in [7, 11) is 0. The van der Waals surface area contributed by atoms with Crippen molar-refractivity contribution >= 4 is 17.4 Å². The maximum absolute atomic E-state index is 12.3. The average Bonchev–Trinajstić information content (AvgIpc) is 3.08. The minimum Gasteiger partial charge on any atom is -0.487 e. The zero-order valence-electron chi connectivity index (χ0n) is 13.9. The molecule has 0 radical (unpaired) electrons. The lowest BCUT2D eigenvalue weighted by Gasteiger charge is -2.07. The van der Waals surface area contributed by atoms with Gasteiger partial charge < -0.3 is 9.72 Å². The molecule has 0 aliphatic heterocycles. The second kappa shape index (κ2) is 6.65. The van der Waals surface area contributed by atoms with Crippen LogP contribution >= 0.6 is 11.6 Å². The number of benzene rings is 2. The summed E-state index contributed by atoms with van der Waals surface area (Å²) in [5.74, 6) is 1.49. The lowest BCUT2D eigenvalue weighted by Crippen LogP contribution is -2.16. The monoisotopic (exact) mass is 366 g/mol. The van der Waals surface area contributed by atoms with Crippen LogP contribution in [-0.2, 0) is 6.61 Å². The molecule has 0 bridgehead atoms. The minimum absolute atomic E-state index is 0.193. The predicted octanol–water partition coefficient (Wildman–Crippen LogP) is 3.63. The summed E-state index contributed by atoms with van der Waals surface area (Å²) < 4.78 is 6.96. The van der Waals surface area contributed by atoms with E-state index in [1.54, 1.807) is 6.07 Å². The molecule has 0 saturated carbocycles. The molecular formula is C19H15ClN4O2. The zero-order valence-corrected chi connectivity index (χ0v) is 14.7. The summed E-state index contributed by atoms with van der Waals surface area (Å²) in [6.45, 7) is 2.12. The van der Waals surface area contributed by atoms with Crippen molar-refractivity contribution in [2.75, 3.05) is 0 Å². The van der Waals surface area contributed by atoms with E-state index in [2.05, 4.69) is 15.1 Å². The number of H-pyrrole nitrogens is 1. The van der Waals surface area contributed by atoms with Crippen molar-refractivity contribution in [3.8, 4) is 17.1 Å². The number of hydrogen-bond donors (Lipinski definition) is 1. The first kappa shape index (κ1) is 16.4. The predicted molar refractivity (Wildman–Crippen MR) is 99.6 cm³/mol. The fraction of sp³-hybridized carbons (Fsp3) is 0.105. The van der Waals surface area contributed by atoms with Gasteiger partial charge in [0.05, 0.1) is 5.69 Å². The molecule has 7 heteroatoms. The van der Waals surface area contributed by atoms with Crippen molar-refractivity contribution in [2.45, 2.75) is 13.5 Å². The van der Waals surface area contributed by atoms with Gasteiger partial charge in [-0.25, -0.2) is 0 Å². The number of hydrogen-bond acceptors (Lipinski definition) is 4. The van der Waals surface area contributed by atoms with Gasteiger partial charge in [-0.15, -0.1) is 5.10 Å². The van der Waals surface area contributed by atoms with E-state index >= 15 is 0 Å². The molecule has 130 valence electrons. The molecule has 0 fully saturated rings. The summed E-state index contributed by atoms with van der Waals surface area (Å²) in [6, 6.07) is 16.4. The molecule has 0 aliphatic carbocycles. The Hall–Kier alpha value is -3.12. The Kier molecular flexibility index (Phi) is 4.18. The van der Waals surface area contributed by atoms with Crippen molar-refractivity contribution in [3.05, 3.63) is 81.2 Å². The van der Waals surface area contributed by atoms with Crippen LogP contribution in [0.4, 0.5) is 0 Å². The van der Waals surface area contributed by atoms with Crippen molar-refractivity contribution in [2.24, 2.45) is 0 Å². The number of halogens is 1. The molecule has 1 N–H and O–H groups in total. The Morgan fingerprint density at radius 2 is 1.96 bits per heavy atom. The van der Waals surface area contributed by atoms with Crippen LogP contribution < -0.4 is 10.3 Å². The third-order valence-electron chi connectivity index (χ3n) is 3.96. The highest BCUT2D eigenvalue weighted by Crippen LogP contribution is 2.22. The highest BCUT2D eigenvalue weighted by molar-refractivity contribution is 6.31. The summed E-state index contributed by atoms with van der Waals surface area (Å²) in [5, 5.41) is 4.90. The fourth-order valence-corrected chi connectivity index (χ4v) is 2.72. The highest BCUT2D eigenvalue weighted by atomic mass is 35.5. The van der Waals surface area contributed by atoms with Crippen LogP contribution in [0.25, 0.3) is 17.2 Å². The molecule has 2 aromatic carbocycles. The Labute approximate surface area is 154 Å². The van der Waals surface area contributed by atoms with Gasteiger partial charge in [-0.3, -0.25) is 4.79 Å². The standard InChI is InChI=1S/C19H15ClN4O2/c1-12-7-8-15(10-16(12)20)26-11-14-9-17(25)24-19(21-14)22-18(23-24)13-5-3-2-4-6-13/h2-10H,11H2,1H3,(H,21,22,23). The van der Waals surface area contributed by atoms with Crippen molar-refractivity contribution in [1.29, 1.82) is 0 Å². The van der Waals surface area contributed by atoms with Gasteiger partial charge in [-0.1, -0.05) is 48.0 Å². The van der Waals surface area contributed by atoms with E-state index < -0.39 is 0 Å². The zero-order chi connectivity index (χ0) is 18.1. The number of fused-ring (bicyclic) bond motifs is 1.